The van der Waals surface area contributed by atoms with E-state index in [4.69, 9.17) is 23.9 Å². The quantitative estimate of drug-likeness (QED) is 0.597. The van der Waals surface area contributed by atoms with Crippen molar-refractivity contribution in [3.8, 4) is 11.5 Å². The number of aliphatic imine (C=N–C) groups is 1. The lowest BCUT2D eigenvalue weighted by atomic mass is 9.63. The van der Waals surface area contributed by atoms with Crippen LogP contribution in [0.5, 0.6) is 11.5 Å². The number of allylic oxidation sites excluding steroid dienone is 1. The van der Waals surface area contributed by atoms with E-state index in [9.17, 15) is 9.59 Å². The summed E-state index contributed by atoms with van der Waals surface area (Å²) in [5.74, 6) is -0.189. The van der Waals surface area contributed by atoms with Crippen LogP contribution in [0.25, 0.3) is 0 Å². The Morgan fingerprint density at radius 1 is 1.15 bits per heavy atom. The lowest BCUT2D eigenvalue weighted by Gasteiger charge is -2.41. The maximum absolute atomic E-state index is 13.4. The van der Waals surface area contributed by atoms with Crippen molar-refractivity contribution in [2.75, 3.05) is 27.4 Å². The summed E-state index contributed by atoms with van der Waals surface area (Å²) in [7, 11) is 3.15. The summed E-state index contributed by atoms with van der Waals surface area (Å²) in [5, 5.41) is 0. The summed E-state index contributed by atoms with van der Waals surface area (Å²) in [6, 6.07) is 5.55. The second kappa shape index (κ2) is 9.29. The molecule has 4 rings (SSSR count). The van der Waals surface area contributed by atoms with Gasteiger partial charge in [-0.2, -0.15) is 0 Å². The smallest absolute Gasteiger partial charge is 0.336 e. The molecule has 2 heterocycles. The molecule has 0 amide bonds. The van der Waals surface area contributed by atoms with Crippen LogP contribution in [0.2, 0.25) is 0 Å². The van der Waals surface area contributed by atoms with Gasteiger partial charge in [0.1, 0.15) is 12.4 Å². The average Bonchev–Trinajstić information content (AvgIpc) is 3.28. The van der Waals surface area contributed by atoms with E-state index in [-0.39, 0.29) is 23.9 Å². The lowest BCUT2D eigenvalue weighted by molar-refractivity contribution is -0.142. The standard InChI is InChI=1S/C26H33NO6/c1-15-22(25(29)33-14-17-7-6-10-32-17)23(16-8-9-20(30-4)21(11-16)31-5)24-18(27-15)12-26(2,3)13-19(24)28/h8-9,11,17,23-24H,6-7,10,12-14H2,1-5H3/t17-,23-,24+/m0/s1. The van der Waals surface area contributed by atoms with Crippen LogP contribution in [-0.2, 0) is 19.1 Å². The van der Waals surface area contributed by atoms with E-state index in [0.717, 1.165) is 24.1 Å². The fraction of sp³-hybridized carbons (Fsp3) is 0.577. The maximum Gasteiger partial charge on any atom is 0.336 e. The Labute approximate surface area is 195 Å². The molecule has 0 spiro atoms. The number of nitrogens with zero attached hydrogens (tertiary/aromatic N) is 1. The molecule has 1 aliphatic carbocycles. The molecule has 0 radical (unpaired) electrons. The van der Waals surface area contributed by atoms with Gasteiger partial charge >= 0.3 is 5.97 Å². The molecule has 1 aromatic carbocycles. The zero-order valence-corrected chi connectivity index (χ0v) is 20.1. The average molecular weight is 456 g/mol. The van der Waals surface area contributed by atoms with Gasteiger partial charge in [0, 0.05) is 30.4 Å². The molecule has 0 bridgehead atoms. The van der Waals surface area contributed by atoms with Crippen LogP contribution < -0.4 is 9.47 Å². The molecule has 3 aliphatic rings. The highest BCUT2D eigenvalue weighted by Gasteiger charge is 2.48. The van der Waals surface area contributed by atoms with Crippen LogP contribution in [-0.4, -0.2) is 51.0 Å². The Morgan fingerprint density at radius 3 is 2.58 bits per heavy atom. The van der Waals surface area contributed by atoms with Crippen LogP contribution in [0, 0.1) is 11.3 Å². The molecular formula is C26H33NO6. The lowest BCUT2D eigenvalue weighted by Crippen LogP contribution is -2.44. The molecule has 1 aromatic rings. The third kappa shape index (κ3) is 4.69. The molecule has 0 N–H and O–H groups in total. The number of hydrogen-bond donors (Lipinski definition) is 0. The van der Waals surface area contributed by atoms with Gasteiger partial charge in [0.25, 0.3) is 0 Å². The minimum absolute atomic E-state index is 0.0749. The number of benzene rings is 1. The van der Waals surface area contributed by atoms with E-state index in [1.165, 1.54) is 0 Å². The number of ketones is 1. The monoisotopic (exact) mass is 455 g/mol. The minimum atomic E-state index is -0.495. The predicted molar refractivity (Wildman–Crippen MR) is 124 cm³/mol. The molecule has 0 aromatic heterocycles. The predicted octanol–water partition coefficient (Wildman–Crippen LogP) is 4.24. The Balaban J connectivity index is 1.76. The Kier molecular flexibility index (Phi) is 6.61. The van der Waals surface area contributed by atoms with Crippen LogP contribution in [0.4, 0.5) is 0 Å². The summed E-state index contributed by atoms with van der Waals surface area (Å²) in [6.45, 7) is 6.89. The van der Waals surface area contributed by atoms with Gasteiger partial charge in [-0.3, -0.25) is 9.79 Å². The van der Waals surface area contributed by atoms with Crippen molar-refractivity contribution in [2.24, 2.45) is 16.3 Å². The van der Waals surface area contributed by atoms with Crippen LogP contribution >= 0.6 is 0 Å². The molecule has 7 nitrogen and oxygen atoms in total. The number of carbonyl (C=O) groups is 2. The van der Waals surface area contributed by atoms with E-state index in [2.05, 4.69) is 13.8 Å². The highest BCUT2D eigenvalue weighted by Crippen LogP contribution is 2.48. The first-order chi connectivity index (χ1) is 15.7. The molecular weight excluding hydrogens is 422 g/mol. The SMILES string of the molecule is COc1ccc([C@H]2C(C(=O)OC[C@@H]3CCCO3)=C(C)N=C3CC(C)(C)CC(=O)[C@@H]32)cc1OC. The van der Waals surface area contributed by atoms with Crippen molar-refractivity contribution in [1.29, 1.82) is 0 Å². The van der Waals surface area contributed by atoms with Gasteiger partial charge in [0.05, 0.1) is 31.8 Å². The van der Waals surface area contributed by atoms with Crippen molar-refractivity contribution in [2.45, 2.75) is 58.5 Å². The number of ether oxygens (including phenoxy) is 4. The van der Waals surface area contributed by atoms with Gasteiger partial charge < -0.3 is 18.9 Å². The van der Waals surface area contributed by atoms with Crippen molar-refractivity contribution in [3.63, 3.8) is 0 Å². The first-order valence-corrected chi connectivity index (χ1v) is 11.6. The zero-order valence-electron chi connectivity index (χ0n) is 20.1. The van der Waals surface area contributed by atoms with E-state index in [1.807, 2.05) is 25.1 Å². The summed E-state index contributed by atoms with van der Waals surface area (Å²) in [6.07, 6.45) is 2.93. The molecule has 178 valence electrons. The van der Waals surface area contributed by atoms with Gasteiger partial charge in [-0.15, -0.1) is 0 Å². The summed E-state index contributed by atoms with van der Waals surface area (Å²) < 4.78 is 22.2. The van der Waals surface area contributed by atoms with Gasteiger partial charge in [-0.25, -0.2) is 4.79 Å². The van der Waals surface area contributed by atoms with Crippen LogP contribution in [0.15, 0.2) is 34.5 Å². The van der Waals surface area contributed by atoms with Crippen molar-refractivity contribution >= 4 is 17.5 Å². The molecule has 1 saturated carbocycles. The molecule has 3 atom stereocenters. The van der Waals surface area contributed by atoms with Crippen molar-refractivity contribution in [3.05, 3.63) is 35.0 Å². The number of fused-ring (bicyclic) bond motifs is 1. The summed E-state index contributed by atoms with van der Waals surface area (Å²) >= 11 is 0. The normalized spacial score (nSPS) is 26.5. The van der Waals surface area contributed by atoms with Gasteiger partial charge in [0.15, 0.2) is 11.5 Å². The van der Waals surface area contributed by atoms with Crippen molar-refractivity contribution < 1.29 is 28.5 Å². The topological polar surface area (TPSA) is 83.4 Å². The van der Waals surface area contributed by atoms with Gasteiger partial charge in [-0.05, 0) is 49.3 Å². The fourth-order valence-corrected chi connectivity index (χ4v) is 5.29. The second-order valence-corrected chi connectivity index (χ2v) is 9.89. The number of rotatable bonds is 6. The maximum atomic E-state index is 13.4. The number of methoxy groups -OCH3 is 2. The van der Waals surface area contributed by atoms with E-state index in [0.29, 0.717) is 42.2 Å². The van der Waals surface area contributed by atoms with Crippen molar-refractivity contribution in [1.82, 2.24) is 0 Å². The van der Waals surface area contributed by atoms with E-state index >= 15 is 0 Å². The minimum Gasteiger partial charge on any atom is -0.493 e. The number of Topliss-reactive ketones (excluding diaryl/α,β-unsaturated/α-hetero) is 1. The highest BCUT2D eigenvalue weighted by molar-refractivity contribution is 6.12. The Bertz CT molecular complexity index is 1000. The van der Waals surface area contributed by atoms with Crippen LogP contribution in [0.3, 0.4) is 0 Å². The number of carbonyl (C=O) groups excluding carboxylic acids is 2. The van der Waals surface area contributed by atoms with E-state index in [1.54, 1.807) is 14.2 Å². The Morgan fingerprint density at radius 2 is 1.91 bits per heavy atom. The first-order valence-electron chi connectivity index (χ1n) is 11.6. The molecule has 0 unspecified atom stereocenters. The molecule has 33 heavy (non-hydrogen) atoms. The van der Waals surface area contributed by atoms with E-state index < -0.39 is 17.8 Å². The number of hydrogen-bond acceptors (Lipinski definition) is 7. The summed E-state index contributed by atoms with van der Waals surface area (Å²) in [4.78, 5) is 31.6. The molecule has 2 aliphatic heterocycles. The van der Waals surface area contributed by atoms with Gasteiger partial charge in [-0.1, -0.05) is 19.9 Å². The highest BCUT2D eigenvalue weighted by atomic mass is 16.6. The summed E-state index contributed by atoms with van der Waals surface area (Å²) in [5.41, 5.74) is 2.52. The third-order valence-corrected chi connectivity index (χ3v) is 6.77. The fourth-order valence-electron chi connectivity index (χ4n) is 5.29. The Hall–Kier alpha value is -2.67. The van der Waals surface area contributed by atoms with Gasteiger partial charge in [0.2, 0.25) is 0 Å². The number of esters is 1. The molecule has 2 fully saturated rings. The molecule has 1 saturated heterocycles. The largest absolute Gasteiger partial charge is 0.493 e. The molecule has 7 heteroatoms. The first kappa shape index (κ1) is 23.5. The zero-order chi connectivity index (χ0) is 23.8. The third-order valence-electron chi connectivity index (χ3n) is 6.77. The second-order valence-electron chi connectivity index (χ2n) is 9.89. The van der Waals surface area contributed by atoms with Crippen LogP contribution in [0.1, 0.15) is 57.9 Å².